The number of nitrogens with zero attached hydrogens (tertiary/aromatic N) is 1. The van der Waals surface area contributed by atoms with E-state index in [9.17, 15) is 19.0 Å². The molecule has 0 aromatic heterocycles. The van der Waals surface area contributed by atoms with Crippen LogP contribution in [0.15, 0.2) is 60.8 Å². The highest BCUT2D eigenvalue weighted by Gasteiger charge is 2.27. The van der Waals surface area contributed by atoms with Gasteiger partial charge in [0.25, 0.3) is 7.82 Å². The lowest BCUT2D eigenvalue weighted by atomic mass is 10.0. The number of hydrogen-bond donors (Lipinski definition) is 1. The first-order chi connectivity index (χ1) is 33.4. The van der Waals surface area contributed by atoms with Gasteiger partial charge < -0.3 is 28.5 Å². The molecule has 1 N–H and O–H groups in total. The minimum atomic E-state index is -4.70. The fraction of sp³-hybridized carbons (Fsp3) is 0.797. The molecule has 0 aromatic carbocycles. The minimum absolute atomic E-state index is 0.0274. The van der Waals surface area contributed by atoms with E-state index in [0.29, 0.717) is 23.9 Å². The van der Waals surface area contributed by atoms with E-state index < -0.39 is 26.6 Å². The maximum atomic E-state index is 13.4. The Labute approximate surface area is 426 Å². The maximum Gasteiger partial charge on any atom is 0.306 e. The van der Waals surface area contributed by atoms with Crippen molar-refractivity contribution in [2.75, 3.05) is 40.9 Å². The van der Waals surface area contributed by atoms with Crippen LogP contribution in [0.5, 0.6) is 0 Å². The molecule has 3 unspecified atom stereocenters. The largest absolute Gasteiger partial charge is 0.756 e. The summed E-state index contributed by atoms with van der Waals surface area (Å²) in [4.78, 5) is 39.8. The van der Waals surface area contributed by atoms with E-state index in [2.05, 4.69) is 74.7 Å². The summed E-state index contributed by atoms with van der Waals surface area (Å²) in [6.45, 7) is 6.76. The van der Waals surface area contributed by atoms with E-state index in [0.717, 1.165) is 103 Å². The SMILES string of the molecule is CCCC/C=C\CCCCCCCC(=O)NC(COP(=O)([O-])OCC[N+](C)(C)C)C(/C=C\CCCCCCCCCCCCC)OC(=O)CCCCCCCC/C=C\C/C=C\C/C=C\CCCCC. The number of quaternary nitrogens is 1. The zero-order valence-electron chi connectivity index (χ0n) is 45.8. The van der Waals surface area contributed by atoms with E-state index in [1.165, 1.54) is 109 Å². The van der Waals surface area contributed by atoms with Crippen LogP contribution >= 0.6 is 7.82 Å². The number of phosphoric ester groups is 1. The van der Waals surface area contributed by atoms with Gasteiger partial charge in [-0.15, -0.1) is 0 Å². The lowest BCUT2D eigenvalue weighted by Gasteiger charge is -2.30. The number of phosphoric acid groups is 1. The smallest absolute Gasteiger partial charge is 0.306 e. The number of allylic oxidation sites excluding steroid dienone is 9. The second-order valence-corrected chi connectivity index (χ2v) is 21.8. The van der Waals surface area contributed by atoms with E-state index in [4.69, 9.17) is 13.8 Å². The van der Waals surface area contributed by atoms with Crippen molar-refractivity contribution in [2.24, 2.45) is 0 Å². The number of esters is 1. The van der Waals surface area contributed by atoms with Crippen molar-refractivity contribution < 1.29 is 37.3 Å². The third-order valence-corrected chi connectivity index (χ3v) is 13.4. The van der Waals surface area contributed by atoms with Gasteiger partial charge in [0.2, 0.25) is 5.91 Å². The van der Waals surface area contributed by atoms with E-state index >= 15 is 0 Å². The molecule has 69 heavy (non-hydrogen) atoms. The van der Waals surface area contributed by atoms with Gasteiger partial charge >= 0.3 is 5.97 Å². The molecule has 0 fully saturated rings. The summed E-state index contributed by atoms with van der Waals surface area (Å²) in [6, 6.07) is -0.897. The summed E-state index contributed by atoms with van der Waals surface area (Å²) in [7, 11) is 1.17. The Balaban J connectivity index is 5.35. The average Bonchev–Trinajstić information content (AvgIpc) is 3.31. The molecule has 0 aromatic rings. The first kappa shape index (κ1) is 66.7. The lowest BCUT2D eigenvalue weighted by molar-refractivity contribution is -0.870. The average molecular weight is 990 g/mol. The Morgan fingerprint density at radius 3 is 1.41 bits per heavy atom. The summed E-state index contributed by atoms with van der Waals surface area (Å²) in [5, 5.41) is 3.01. The van der Waals surface area contributed by atoms with Crippen molar-refractivity contribution in [3.63, 3.8) is 0 Å². The predicted octanol–water partition coefficient (Wildman–Crippen LogP) is 16.5. The van der Waals surface area contributed by atoms with E-state index in [1.54, 1.807) is 0 Å². The summed E-state index contributed by atoms with van der Waals surface area (Å²) in [5.41, 5.74) is 0. The summed E-state index contributed by atoms with van der Waals surface area (Å²) in [5.74, 6) is -0.566. The molecule has 402 valence electrons. The monoisotopic (exact) mass is 989 g/mol. The molecule has 0 aliphatic rings. The topological polar surface area (TPSA) is 114 Å². The molecule has 0 saturated heterocycles. The molecule has 0 heterocycles. The summed E-state index contributed by atoms with van der Waals surface area (Å²) < 4.78 is 30.2. The van der Waals surface area contributed by atoms with Crippen LogP contribution in [0.1, 0.15) is 252 Å². The Morgan fingerprint density at radius 1 is 0.507 bits per heavy atom. The number of likely N-dealkylation sites (N-methyl/N-ethyl adjacent to an activating group) is 1. The number of amides is 1. The van der Waals surface area contributed by atoms with Gasteiger partial charge in [0.05, 0.1) is 33.8 Å². The van der Waals surface area contributed by atoms with Gasteiger partial charge in [-0.1, -0.05) is 210 Å². The fourth-order valence-electron chi connectivity index (χ4n) is 7.92. The molecule has 3 atom stereocenters. The predicted molar refractivity (Wildman–Crippen MR) is 293 cm³/mol. The van der Waals surface area contributed by atoms with E-state index in [1.807, 2.05) is 33.3 Å². The van der Waals surface area contributed by atoms with Gasteiger partial charge in [-0.3, -0.25) is 14.2 Å². The molecular weight excluding hydrogens is 880 g/mol. The number of ether oxygens (including phenoxy) is 1. The Morgan fingerprint density at radius 2 is 0.899 bits per heavy atom. The zero-order valence-corrected chi connectivity index (χ0v) is 46.7. The highest BCUT2D eigenvalue weighted by Crippen LogP contribution is 2.38. The van der Waals surface area contributed by atoms with Crippen molar-refractivity contribution in [2.45, 2.75) is 264 Å². The third kappa shape index (κ3) is 50.4. The van der Waals surface area contributed by atoms with Gasteiger partial charge in [0.15, 0.2) is 0 Å². The van der Waals surface area contributed by atoms with Crippen LogP contribution in [-0.2, 0) is 27.9 Å². The van der Waals surface area contributed by atoms with Crippen molar-refractivity contribution in [3.05, 3.63) is 60.8 Å². The van der Waals surface area contributed by atoms with Crippen molar-refractivity contribution in [1.29, 1.82) is 0 Å². The fourth-order valence-corrected chi connectivity index (χ4v) is 8.64. The minimum Gasteiger partial charge on any atom is -0.756 e. The third-order valence-electron chi connectivity index (χ3n) is 12.4. The van der Waals surface area contributed by atoms with Gasteiger partial charge in [0, 0.05) is 12.8 Å². The molecule has 0 aliphatic heterocycles. The molecular formula is C59H109N2O7P. The van der Waals surface area contributed by atoms with Crippen LogP contribution < -0.4 is 10.2 Å². The van der Waals surface area contributed by atoms with Gasteiger partial charge in [0.1, 0.15) is 19.3 Å². The number of nitrogens with one attached hydrogen (secondary N) is 1. The Kier molecular flexibility index (Phi) is 47.7. The van der Waals surface area contributed by atoms with Gasteiger partial charge in [-0.25, -0.2) is 0 Å². The first-order valence-corrected chi connectivity index (χ1v) is 30.1. The van der Waals surface area contributed by atoms with Crippen LogP contribution in [-0.4, -0.2) is 69.4 Å². The van der Waals surface area contributed by atoms with Crippen LogP contribution in [0.4, 0.5) is 0 Å². The summed E-state index contributed by atoms with van der Waals surface area (Å²) >= 11 is 0. The van der Waals surface area contributed by atoms with Crippen molar-refractivity contribution in [1.82, 2.24) is 5.32 Å². The Hall–Kier alpha value is -2.29. The first-order valence-electron chi connectivity index (χ1n) is 28.6. The van der Waals surface area contributed by atoms with Gasteiger partial charge in [-0.2, -0.15) is 0 Å². The number of carbonyl (C=O) groups is 2. The molecule has 0 radical (unpaired) electrons. The summed E-state index contributed by atoms with van der Waals surface area (Å²) in [6.07, 6.45) is 60.4. The molecule has 1 amide bonds. The molecule has 10 heteroatoms. The lowest BCUT2D eigenvalue weighted by Crippen LogP contribution is -2.47. The molecule has 9 nitrogen and oxygen atoms in total. The second-order valence-electron chi connectivity index (χ2n) is 20.4. The maximum absolute atomic E-state index is 13.4. The normalized spacial score (nSPS) is 14.2. The number of carbonyl (C=O) groups excluding carboxylic acids is 2. The second kappa shape index (κ2) is 49.3. The molecule has 0 aliphatic carbocycles. The quantitative estimate of drug-likeness (QED) is 0.0212. The van der Waals surface area contributed by atoms with Crippen LogP contribution in [0.2, 0.25) is 0 Å². The number of unbranched alkanes of at least 4 members (excludes halogenated alkanes) is 27. The van der Waals surface area contributed by atoms with E-state index in [-0.39, 0.29) is 24.9 Å². The van der Waals surface area contributed by atoms with Gasteiger partial charge in [-0.05, 0) is 89.5 Å². The number of hydrogen-bond acceptors (Lipinski definition) is 7. The highest BCUT2D eigenvalue weighted by atomic mass is 31.2. The molecule has 0 saturated carbocycles. The molecule has 0 bridgehead atoms. The Bertz CT molecular complexity index is 1370. The molecule has 0 rings (SSSR count). The van der Waals surface area contributed by atoms with Crippen molar-refractivity contribution >= 4 is 19.7 Å². The van der Waals surface area contributed by atoms with Crippen LogP contribution in [0.3, 0.4) is 0 Å². The van der Waals surface area contributed by atoms with Crippen molar-refractivity contribution in [3.8, 4) is 0 Å². The zero-order chi connectivity index (χ0) is 50.8. The standard InChI is InChI=1S/C59H109N2O7P/c1-7-10-13-16-19-22-25-27-28-29-30-31-32-34-37-40-43-46-49-52-59(63)68-57(50-47-44-41-38-36-33-26-23-20-17-14-11-8-2)56(55-67-69(64,65)66-54-53-61(4,5)6)60-58(62)51-48-45-42-39-35-24-21-18-15-12-9-3/h18-19,21-22,27-28,30-31,47,50,56-57H,7-17,20,23-26,29,32-46,48-49,51-55H2,1-6H3,(H-,60,62,64,65)/b21-18-,22-19-,28-27-,31-30-,50-47-. The molecule has 0 spiro atoms. The number of rotatable bonds is 51. The van der Waals surface area contributed by atoms with Crippen LogP contribution in [0, 0.1) is 0 Å². The van der Waals surface area contributed by atoms with Crippen LogP contribution in [0.25, 0.3) is 0 Å². The highest BCUT2D eigenvalue weighted by molar-refractivity contribution is 7.45.